The summed E-state index contributed by atoms with van der Waals surface area (Å²) in [5.41, 5.74) is 1.43. The van der Waals surface area contributed by atoms with E-state index < -0.39 is 12.0 Å². The fraction of sp³-hybridized carbons (Fsp3) is 0.667. The molecule has 0 aliphatic heterocycles. The van der Waals surface area contributed by atoms with Gasteiger partial charge in [0.2, 0.25) is 0 Å². The van der Waals surface area contributed by atoms with Crippen molar-refractivity contribution in [2.75, 3.05) is 6.61 Å². The van der Waals surface area contributed by atoms with Gasteiger partial charge in [-0.2, -0.15) is 8.78 Å². The van der Waals surface area contributed by atoms with Crippen LogP contribution < -0.4 is 5.48 Å². The monoisotopic (exact) mass is 158 g/mol. The molecule has 0 unspecified atom stereocenters. The maximum absolute atomic E-state index is 11.5. The van der Waals surface area contributed by atoms with Crippen LogP contribution in [0.3, 0.4) is 0 Å². The molecule has 1 amide bonds. The van der Waals surface area contributed by atoms with E-state index in [0.717, 1.165) is 6.41 Å². The molecule has 53 valence electrons. The fourth-order valence-corrected chi connectivity index (χ4v) is 0.202. The first-order valence-electron chi connectivity index (χ1n) is 1.87. The van der Waals surface area contributed by atoms with Crippen LogP contribution in [0.5, 0.6) is 0 Å². The molecule has 0 fully saturated rings. The maximum atomic E-state index is 11.5. The summed E-state index contributed by atoms with van der Waals surface area (Å²) in [5, 5.41) is -3.44. The number of alkyl halides is 3. The van der Waals surface area contributed by atoms with E-state index in [1.807, 2.05) is 0 Å². The number of nitrogens with one attached hydrogen (secondary N) is 1. The molecule has 0 spiro atoms. The highest BCUT2D eigenvalue weighted by Crippen LogP contribution is 2.17. The van der Waals surface area contributed by atoms with Gasteiger partial charge in [-0.1, -0.05) is 0 Å². The molecule has 9 heavy (non-hydrogen) atoms. The van der Waals surface area contributed by atoms with Crippen LogP contribution in [0.25, 0.3) is 0 Å². The number of hydrogen-bond donors (Lipinski definition) is 1. The third-order valence-electron chi connectivity index (χ3n) is 0.350. The quantitative estimate of drug-likeness (QED) is 0.279. The normalized spacial score (nSPS) is 11.0. The van der Waals surface area contributed by atoms with Crippen molar-refractivity contribution in [1.82, 2.24) is 5.48 Å². The Hall–Kier alpha value is -0.420. The molecular formula is C3H3ClF2NO2. The molecule has 1 radical (unpaired) electrons. The lowest BCUT2D eigenvalue weighted by Crippen LogP contribution is -2.22. The first kappa shape index (κ1) is 8.58. The van der Waals surface area contributed by atoms with Crippen molar-refractivity contribution in [1.29, 1.82) is 0 Å². The second-order valence-electron chi connectivity index (χ2n) is 1.11. The molecule has 0 aromatic heterocycles. The summed E-state index contributed by atoms with van der Waals surface area (Å²) < 4.78 is 23.0. The highest BCUT2D eigenvalue weighted by molar-refractivity contribution is 6.21. The topological polar surface area (TPSA) is 38.3 Å². The minimum Gasteiger partial charge on any atom is -0.265 e. The third-order valence-corrected chi connectivity index (χ3v) is 0.459. The van der Waals surface area contributed by atoms with E-state index in [-0.39, 0.29) is 0 Å². The SMILES string of the molecule is O=[C]NOCC(F)(F)Cl. The van der Waals surface area contributed by atoms with Gasteiger partial charge in [-0.15, -0.1) is 0 Å². The van der Waals surface area contributed by atoms with Crippen LogP contribution in [0.4, 0.5) is 8.78 Å². The van der Waals surface area contributed by atoms with Crippen LogP contribution >= 0.6 is 11.6 Å². The van der Waals surface area contributed by atoms with Crippen molar-refractivity contribution in [2.45, 2.75) is 5.38 Å². The van der Waals surface area contributed by atoms with Crippen LogP contribution in [0, 0.1) is 0 Å². The Balaban J connectivity index is 3.17. The molecule has 0 aliphatic rings. The summed E-state index contributed by atoms with van der Waals surface area (Å²) in [6.45, 7) is -1.07. The number of hydrogen-bond acceptors (Lipinski definition) is 2. The lowest BCUT2D eigenvalue weighted by Gasteiger charge is -2.04. The van der Waals surface area contributed by atoms with Crippen molar-refractivity contribution in [2.24, 2.45) is 0 Å². The maximum Gasteiger partial charge on any atom is 0.347 e. The molecule has 0 bridgehead atoms. The van der Waals surface area contributed by atoms with E-state index in [2.05, 4.69) is 16.4 Å². The summed E-state index contributed by atoms with van der Waals surface area (Å²) in [6.07, 6.45) is 1.03. The van der Waals surface area contributed by atoms with Gasteiger partial charge in [0.25, 0.3) is 0 Å². The highest BCUT2D eigenvalue weighted by Gasteiger charge is 2.24. The Morgan fingerprint density at radius 3 is 2.67 bits per heavy atom. The first-order chi connectivity index (χ1) is 4.06. The second kappa shape index (κ2) is 3.58. The second-order valence-corrected chi connectivity index (χ2v) is 1.66. The van der Waals surface area contributed by atoms with Crippen molar-refractivity contribution in [3.05, 3.63) is 0 Å². The molecule has 0 saturated carbocycles. The van der Waals surface area contributed by atoms with Gasteiger partial charge in [0.15, 0.2) is 6.61 Å². The molecule has 0 heterocycles. The zero-order valence-electron chi connectivity index (χ0n) is 4.16. The van der Waals surface area contributed by atoms with E-state index >= 15 is 0 Å². The van der Waals surface area contributed by atoms with E-state index in [1.165, 1.54) is 5.48 Å². The van der Waals surface area contributed by atoms with Gasteiger partial charge in [0.1, 0.15) is 0 Å². The Morgan fingerprint density at radius 2 is 2.33 bits per heavy atom. The van der Waals surface area contributed by atoms with Gasteiger partial charge in [-0.25, -0.2) is 5.48 Å². The number of hydroxylamine groups is 1. The molecule has 0 saturated heterocycles. The van der Waals surface area contributed by atoms with Gasteiger partial charge in [0, 0.05) is 0 Å². The van der Waals surface area contributed by atoms with Crippen molar-refractivity contribution in [3.8, 4) is 0 Å². The minimum atomic E-state index is -3.44. The summed E-state index contributed by atoms with van der Waals surface area (Å²) >= 11 is 4.34. The summed E-state index contributed by atoms with van der Waals surface area (Å²) in [7, 11) is 0. The number of amides is 1. The molecular weight excluding hydrogens is 155 g/mol. The number of rotatable bonds is 4. The van der Waals surface area contributed by atoms with Crippen molar-refractivity contribution in [3.63, 3.8) is 0 Å². The molecule has 3 nitrogen and oxygen atoms in total. The van der Waals surface area contributed by atoms with Crippen molar-refractivity contribution < 1.29 is 18.4 Å². The van der Waals surface area contributed by atoms with Gasteiger partial charge < -0.3 is 0 Å². The minimum absolute atomic E-state index is 1.03. The average Bonchev–Trinajstić information content (AvgIpc) is 1.63. The molecule has 1 N–H and O–H groups in total. The van der Waals surface area contributed by atoms with Gasteiger partial charge in [-0.3, -0.25) is 9.63 Å². The number of halogens is 3. The van der Waals surface area contributed by atoms with E-state index in [9.17, 15) is 13.6 Å². The van der Waals surface area contributed by atoms with E-state index in [1.54, 1.807) is 0 Å². The molecule has 0 atom stereocenters. The smallest absolute Gasteiger partial charge is 0.265 e. The first-order valence-corrected chi connectivity index (χ1v) is 2.25. The Morgan fingerprint density at radius 1 is 1.78 bits per heavy atom. The predicted molar refractivity (Wildman–Crippen MR) is 25.6 cm³/mol. The molecule has 0 aromatic carbocycles. The Labute approximate surface area is 54.9 Å². The van der Waals surface area contributed by atoms with Crippen LogP contribution in [0.15, 0.2) is 0 Å². The zero-order chi connectivity index (χ0) is 7.33. The van der Waals surface area contributed by atoms with Crippen LogP contribution in [0.1, 0.15) is 0 Å². The predicted octanol–water partition coefficient (Wildman–Crippen LogP) is 0.406. The summed E-state index contributed by atoms with van der Waals surface area (Å²) in [5.74, 6) is 0. The highest BCUT2D eigenvalue weighted by atomic mass is 35.5. The summed E-state index contributed by atoms with van der Waals surface area (Å²) in [4.78, 5) is 13.0. The molecule has 0 aromatic rings. The van der Waals surface area contributed by atoms with Crippen LogP contribution in [-0.2, 0) is 9.63 Å². The van der Waals surface area contributed by atoms with Crippen LogP contribution in [0.2, 0.25) is 0 Å². The van der Waals surface area contributed by atoms with Crippen molar-refractivity contribution >= 4 is 18.0 Å². The zero-order valence-corrected chi connectivity index (χ0v) is 4.91. The Kier molecular flexibility index (Phi) is 3.41. The number of carbonyl (C=O) groups excluding carboxylic acids is 1. The molecule has 6 heteroatoms. The van der Waals surface area contributed by atoms with Gasteiger partial charge in [-0.05, 0) is 11.6 Å². The summed E-state index contributed by atoms with van der Waals surface area (Å²) in [6, 6.07) is 0. The third kappa shape index (κ3) is 7.58. The average molecular weight is 159 g/mol. The fourth-order valence-electron chi connectivity index (χ4n) is 0.147. The van der Waals surface area contributed by atoms with Gasteiger partial charge in [0.05, 0.1) is 0 Å². The Bertz CT molecular complexity index is 94.3. The molecule has 0 aliphatic carbocycles. The van der Waals surface area contributed by atoms with E-state index in [0.29, 0.717) is 0 Å². The molecule has 0 rings (SSSR count). The standard InChI is InChI=1S/C3H3ClF2NO2/c4-3(5,6)1-9-7-2-8/h1H2,(H,7,8). The largest absolute Gasteiger partial charge is 0.347 e. The lowest BCUT2D eigenvalue weighted by atomic mass is 10.8. The van der Waals surface area contributed by atoms with Gasteiger partial charge >= 0.3 is 11.8 Å². The van der Waals surface area contributed by atoms with Crippen LogP contribution in [-0.4, -0.2) is 18.4 Å². The van der Waals surface area contributed by atoms with E-state index in [4.69, 9.17) is 0 Å². The lowest BCUT2D eigenvalue weighted by molar-refractivity contribution is -0.0367.